The molecule has 2 rings (SSSR count). The smallest absolute Gasteiger partial charge is 0.0936 e. The van der Waals surface area contributed by atoms with Crippen LogP contribution in [-0.4, -0.2) is 50.0 Å². The molecule has 0 N–H and O–H groups in total. The van der Waals surface area contributed by atoms with Gasteiger partial charge in [-0.05, 0) is 6.42 Å². The first-order valence-corrected chi connectivity index (χ1v) is 4.83. The summed E-state index contributed by atoms with van der Waals surface area (Å²) in [5.41, 5.74) is 0. The third kappa shape index (κ3) is 1.97. The molecule has 0 saturated carbocycles. The summed E-state index contributed by atoms with van der Waals surface area (Å²) in [6.07, 6.45) is 1.71. The van der Waals surface area contributed by atoms with Gasteiger partial charge in [0.25, 0.3) is 0 Å². The Hall–Kier alpha value is -0.120. The number of rotatable bonds is 3. The Labute approximate surface area is 73.6 Å². The first kappa shape index (κ1) is 8.48. The first-order chi connectivity index (χ1) is 5.90. The van der Waals surface area contributed by atoms with Crippen LogP contribution in [0.4, 0.5) is 0 Å². The largest absolute Gasteiger partial charge is 0.378 e. The van der Waals surface area contributed by atoms with Crippen LogP contribution >= 0.6 is 0 Å². The number of nitrogens with zero attached hydrogens (tertiary/aromatic N) is 1. The van der Waals surface area contributed by atoms with Gasteiger partial charge in [0.05, 0.1) is 25.9 Å². The molecule has 1 unspecified atom stereocenters. The number of hydrogen-bond donors (Lipinski definition) is 0. The van der Waals surface area contributed by atoms with Gasteiger partial charge in [-0.2, -0.15) is 0 Å². The zero-order chi connectivity index (χ0) is 8.39. The lowest BCUT2D eigenvalue weighted by molar-refractivity contribution is -0.0111. The molecular weight excluding hydrogens is 154 g/mol. The summed E-state index contributed by atoms with van der Waals surface area (Å²) < 4.78 is 10.6. The van der Waals surface area contributed by atoms with Crippen molar-refractivity contribution in [3.8, 4) is 0 Å². The highest BCUT2D eigenvalue weighted by atomic mass is 16.6. The van der Waals surface area contributed by atoms with E-state index < -0.39 is 0 Å². The molecule has 2 fully saturated rings. The molecule has 12 heavy (non-hydrogen) atoms. The summed E-state index contributed by atoms with van der Waals surface area (Å²) in [6, 6.07) is 0.628. The minimum Gasteiger partial charge on any atom is -0.378 e. The van der Waals surface area contributed by atoms with Crippen LogP contribution in [-0.2, 0) is 9.47 Å². The molecule has 0 radical (unpaired) electrons. The summed E-state index contributed by atoms with van der Waals surface area (Å²) in [5.74, 6) is 0. The van der Waals surface area contributed by atoms with E-state index in [-0.39, 0.29) is 0 Å². The molecule has 3 heteroatoms. The molecule has 0 aromatic heterocycles. The molecule has 2 saturated heterocycles. The number of morpholine rings is 1. The molecule has 0 aromatic rings. The van der Waals surface area contributed by atoms with E-state index in [1.54, 1.807) is 0 Å². The number of ether oxygens (including phenoxy) is 2. The van der Waals surface area contributed by atoms with E-state index in [0.717, 1.165) is 32.9 Å². The molecule has 0 aliphatic carbocycles. The standard InChI is InChI=1S/C9H17NO2/c1-2-8-6-11-4-3-10(8)5-9-7-12-9/h8-9H,2-7H2,1H3/t8?,9-/m0/s1. The van der Waals surface area contributed by atoms with E-state index in [2.05, 4.69) is 11.8 Å². The summed E-state index contributed by atoms with van der Waals surface area (Å²) in [6.45, 7) is 7.18. The molecule has 0 aromatic carbocycles. The number of hydrogen-bond acceptors (Lipinski definition) is 3. The van der Waals surface area contributed by atoms with Crippen molar-refractivity contribution in [2.75, 3.05) is 32.9 Å². The van der Waals surface area contributed by atoms with Crippen molar-refractivity contribution in [1.29, 1.82) is 0 Å². The highest BCUT2D eigenvalue weighted by Gasteiger charge is 2.29. The van der Waals surface area contributed by atoms with E-state index in [4.69, 9.17) is 9.47 Å². The van der Waals surface area contributed by atoms with Gasteiger partial charge in [-0.3, -0.25) is 4.90 Å². The van der Waals surface area contributed by atoms with Crippen LogP contribution in [0, 0.1) is 0 Å². The first-order valence-electron chi connectivity index (χ1n) is 4.83. The van der Waals surface area contributed by atoms with E-state index in [9.17, 15) is 0 Å². The van der Waals surface area contributed by atoms with Crippen LogP contribution in [0.1, 0.15) is 13.3 Å². The van der Waals surface area contributed by atoms with Crippen LogP contribution in [0.15, 0.2) is 0 Å². The van der Waals surface area contributed by atoms with Gasteiger partial charge in [0.15, 0.2) is 0 Å². The molecule has 0 spiro atoms. The SMILES string of the molecule is CCC1COCCN1C[C@H]1CO1. The Morgan fingerprint density at radius 2 is 2.25 bits per heavy atom. The molecule has 70 valence electrons. The van der Waals surface area contributed by atoms with Gasteiger partial charge < -0.3 is 9.47 Å². The van der Waals surface area contributed by atoms with Gasteiger partial charge in [-0.15, -0.1) is 0 Å². The second kappa shape index (κ2) is 3.73. The average Bonchev–Trinajstić information content (AvgIpc) is 2.89. The molecule has 2 aliphatic heterocycles. The Balaban J connectivity index is 1.81. The zero-order valence-electron chi connectivity index (χ0n) is 7.66. The molecule has 2 atom stereocenters. The van der Waals surface area contributed by atoms with Gasteiger partial charge >= 0.3 is 0 Å². The van der Waals surface area contributed by atoms with Crippen molar-refractivity contribution in [3.05, 3.63) is 0 Å². The van der Waals surface area contributed by atoms with Crippen LogP contribution in [0.2, 0.25) is 0 Å². The van der Waals surface area contributed by atoms with E-state index in [1.165, 1.54) is 6.42 Å². The monoisotopic (exact) mass is 171 g/mol. The minimum absolute atomic E-state index is 0.525. The molecular formula is C9H17NO2. The van der Waals surface area contributed by atoms with E-state index >= 15 is 0 Å². The zero-order valence-corrected chi connectivity index (χ0v) is 7.66. The van der Waals surface area contributed by atoms with Gasteiger partial charge in [0.2, 0.25) is 0 Å². The molecule has 2 heterocycles. The van der Waals surface area contributed by atoms with Gasteiger partial charge in [-0.25, -0.2) is 0 Å². The maximum absolute atomic E-state index is 5.42. The second-order valence-electron chi connectivity index (χ2n) is 3.59. The van der Waals surface area contributed by atoms with Crippen LogP contribution in [0.25, 0.3) is 0 Å². The number of epoxide rings is 1. The van der Waals surface area contributed by atoms with Gasteiger partial charge in [-0.1, -0.05) is 6.92 Å². The van der Waals surface area contributed by atoms with Crippen molar-refractivity contribution in [3.63, 3.8) is 0 Å². The lowest BCUT2D eigenvalue weighted by Crippen LogP contribution is -2.46. The second-order valence-corrected chi connectivity index (χ2v) is 3.59. The van der Waals surface area contributed by atoms with Crippen molar-refractivity contribution >= 4 is 0 Å². The molecule has 3 nitrogen and oxygen atoms in total. The molecule has 2 aliphatic rings. The van der Waals surface area contributed by atoms with E-state index in [1.807, 2.05) is 0 Å². The summed E-state index contributed by atoms with van der Waals surface area (Å²) in [4.78, 5) is 2.50. The fourth-order valence-corrected chi connectivity index (χ4v) is 1.74. The third-order valence-electron chi connectivity index (χ3n) is 2.66. The van der Waals surface area contributed by atoms with E-state index in [0.29, 0.717) is 12.1 Å². The lowest BCUT2D eigenvalue weighted by atomic mass is 10.1. The predicted octanol–water partition coefficient (Wildman–Crippen LogP) is 0.496. The van der Waals surface area contributed by atoms with Gasteiger partial charge in [0.1, 0.15) is 0 Å². The van der Waals surface area contributed by atoms with Crippen LogP contribution < -0.4 is 0 Å². The molecule has 0 bridgehead atoms. The normalized spacial score (nSPS) is 36.8. The third-order valence-corrected chi connectivity index (χ3v) is 2.66. The lowest BCUT2D eigenvalue weighted by Gasteiger charge is -2.34. The fraction of sp³-hybridized carbons (Fsp3) is 1.00. The molecule has 0 amide bonds. The highest BCUT2D eigenvalue weighted by molar-refractivity contribution is 4.80. The highest BCUT2D eigenvalue weighted by Crippen LogP contribution is 2.16. The van der Waals surface area contributed by atoms with Crippen LogP contribution in [0.3, 0.4) is 0 Å². The van der Waals surface area contributed by atoms with Gasteiger partial charge in [0, 0.05) is 19.1 Å². The maximum atomic E-state index is 5.42. The van der Waals surface area contributed by atoms with Crippen molar-refractivity contribution < 1.29 is 9.47 Å². The van der Waals surface area contributed by atoms with Crippen LogP contribution in [0.5, 0.6) is 0 Å². The topological polar surface area (TPSA) is 25.0 Å². The maximum Gasteiger partial charge on any atom is 0.0936 e. The predicted molar refractivity (Wildman–Crippen MR) is 46.2 cm³/mol. The fourth-order valence-electron chi connectivity index (χ4n) is 1.74. The minimum atomic E-state index is 0.525. The van der Waals surface area contributed by atoms with Crippen molar-refractivity contribution in [1.82, 2.24) is 4.90 Å². The Morgan fingerprint density at radius 3 is 2.92 bits per heavy atom. The quantitative estimate of drug-likeness (QED) is 0.578. The average molecular weight is 171 g/mol. The summed E-state index contributed by atoms with van der Waals surface area (Å²) >= 11 is 0. The summed E-state index contributed by atoms with van der Waals surface area (Å²) in [7, 11) is 0. The van der Waals surface area contributed by atoms with Crippen molar-refractivity contribution in [2.45, 2.75) is 25.5 Å². The van der Waals surface area contributed by atoms with Crippen molar-refractivity contribution in [2.24, 2.45) is 0 Å². The summed E-state index contributed by atoms with van der Waals surface area (Å²) in [5, 5.41) is 0. The Bertz CT molecular complexity index is 147. The Kier molecular flexibility index (Phi) is 2.63. The Morgan fingerprint density at radius 1 is 1.42 bits per heavy atom.